The van der Waals surface area contributed by atoms with Crippen LogP contribution in [0.5, 0.6) is 0 Å². The molecule has 0 aromatic rings. The van der Waals surface area contributed by atoms with Crippen LogP contribution < -0.4 is 5.32 Å². The van der Waals surface area contributed by atoms with Gasteiger partial charge in [-0.1, -0.05) is 20.8 Å². The summed E-state index contributed by atoms with van der Waals surface area (Å²) in [5.41, 5.74) is -0.0689. The van der Waals surface area contributed by atoms with Crippen molar-refractivity contribution >= 4 is 29.3 Å². The first-order valence-electron chi connectivity index (χ1n) is 6.66. The lowest BCUT2D eigenvalue weighted by molar-refractivity contribution is -0.122. The molecule has 1 N–H and O–H groups in total. The lowest BCUT2D eigenvalue weighted by atomic mass is 9.83. The van der Waals surface area contributed by atoms with Crippen LogP contribution in [0.15, 0.2) is 0 Å². The van der Waals surface area contributed by atoms with Gasteiger partial charge in [-0.3, -0.25) is 4.79 Å². The summed E-state index contributed by atoms with van der Waals surface area (Å²) in [5.74, 6) is 2.61. The molecular weight excluding hydrogens is 262 g/mol. The molecule has 1 aliphatic rings. The van der Waals surface area contributed by atoms with E-state index in [2.05, 4.69) is 46.9 Å². The van der Waals surface area contributed by atoms with Crippen molar-refractivity contribution in [3.8, 4) is 0 Å². The zero-order chi connectivity index (χ0) is 14.0. The van der Waals surface area contributed by atoms with Crippen molar-refractivity contribution in [1.29, 1.82) is 0 Å². The minimum Gasteiger partial charge on any atom is -0.302 e. The molecular formula is C14H27NOS2. The average Bonchev–Trinajstić information content (AvgIpc) is 2.24. The Hall–Kier alpha value is 0.330. The molecule has 1 rings (SSSR count). The van der Waals surface area contributed by atoms with Gasteiger partial charge in [0.15, 0.2) is 5.78 Å². The first kappa shape index (κ1) is 16.4. The van der Waals surface area contributed by atoms with Crippen molar-refractivity contribution < 1.29 is 4.79 Å². The van der Waals surface area contributed by atoms with Crippen LogP contribution in [0.25, 0.3) is 0 Å². The molecule has 0 amide bonds. The Morgan fingerprint density at radius 2 is 1.61 bits per heavy atom. The summed E-state index contributed by atoms with van der Waals surface area (Å²) in [6.45, 7) is 12.8. The summed E-state index contributed by atoms with van der Waals surface area (Å²) in [6, 6.07) is -0.0689. The predicted octanol–water partition coefficient (Wildman–Crippen LogP) is 3.55. The average molecular weight is 290 g/mol. The van der Waals surface area contributed by atoms with Crippen LogP contribution in [0.4, 0.5) is 0 Å². The molecule has 1 atom stereocenters. The number of hydrogen-bond acceptors (Lipinski definition) is 4. The van der Waals surface area contributed by atoms with E-state index in [4.69, 9.17) is 0 Å². The second kappa shape index (κ2) is 6.19. The number of ketones is 1. The summed E-state index contributed by atoms with van der Waals surface area (Å²) in [7, 11) is 0. The highest BCUT2D eigenvalue weighted by molar-refractivity contribution is 8.18. The van der Waals surface area contributed by atoms with Gasteiger partial charge in [0.05, 0.1) is 6.04 Å². The van der Waals surface area contributed by atoms with E-state index in [1.165, 1.54) is 6.42 Å². The molecule has 0 saturated carbocycles. The molecule has 0 aliphatic carbocycles. The summed E-state index contributed by atoms with van der Waals surface area (Å²) in [6.07, 6.45) is 1.23. The van der Waals surface area contributed by atoms with E-state index in [-0.39, 0.29) is 21.6 Å². The van der Waals surface area contributed by atoms with Gasteiger partial charge < -0.3 is 5.32 Å². The summed E-state index contributed by atoms with van der Waals surface area (Å²) >= 11 is 3.63. The van der Waals surface area contributed by atoms with E-state index in [0.717, 1.165) is 11.5 Å². The van der Waals surface area contributed by atoms with Crippen LogP contribution in [0.2, 0.25) is 0 Å². The van der Waals surface area contributed by atoms with Gasteiger partial charge in [0.2, 0.25) is 0 Å². The molecule has 106 valence electrons. The second-order valence-electron chi connectivity index (χ2n) is 7.02. The Kier molecular flexibility index (Phi) is 5.63. The summed E-state index contributed by atoms with van der Waals surface area (Å²) < 4.78 is 0.123. The maximum Gasteiger partial charge on any atom is 0.173 e. The fourth-order valence-corrected chi connectivity index (χ4v) is 4.73. The molecule has 1 aliphatic heterocycles. The van der Waals surface area contributed by atoms with Gasteiger partial charge >= 0.3 is 0 Å². The molecule has 18 heavy (non-hydrogen) atoms. The quantitative estimate of drug-likeness (QED) is 0.860. The zero-order valence-electron chi connectivity index (χ0n) is 12.5. The first-order chi connectivity index (χ1) is 8.11. The lowest BCUT2D eigenvalue weighted by Crippen LogP contribution is -2.55. The number of rotatable bonds is 3. The molecule has 1 saturated heterocycles. The normalized spacial score (nSPS) is 20.8. The maximum atomic E-state index is 12.7. The van der Waals surface area contributed by atoms with Crippen LogP contribution in [-0.4, -0.2) is 33.5 Å². The van der Waals surface area contributed by atoms with Gasteiger partial charge in [0.25, 0.3) is 0 Å². The fourth-order valence-electron chi connectivity index (χ4n) is 1.94. The van der Waals surface area contributed by atoms with Crippen LogP contribution in [0, 0.1) is 5.41 Å². The first-order valence-corrected chi connectivity index (χ1v) is 8.76. The van der Waals surface area contributed by atoms with Crippen molar-refractivity contribution in [3.63, 3.8) is 0 Å². The van der Waals surface area contributed by atoms with Gasteiger partial charge in [-0.05, 0) is 44.1 Å². The summed E-state index contributed by atoms with van der Waals surface area (Å²) in [5, 5.41) is 3.52. The zero-order valence-corrected chi connectivity index (χ0v) is 14.1. The minimum atomic E-state index is -0.0689. The van der Waals surface area contributed by atoms with E-state index >= 15 is 0 Å². The molecule has 0 aromatic heterocycles. The topological polar surface area (TPSA) is 29.1 Å². The monoisotopic (exact) mass is 289 g/mol. The molecule has 0 aromatic carbocycles. The Balaban J connectivity index is 2.79. The third kappa shape index (κ3) is 5.14. The van der Waals surface area contributed by atoms with Gasteiger partial charge in [0, 0.05) is 5.54 Å². The van der Waals surface area contributed by atoms with Gasteiger partial charge in [0.1, 0.15) is 4.58 Å². The Labute approximate surface area is 120 Å². The standard InChI is InChI=1S/C14H27NOS2/c1-13(2,3)11(15-14(4,5)6)10(16)12-17-8-7-9-18-12/h11-12,15H,7-9H2,1-6H3. The van der Waals surface area contributed by atoms with Crippen molar-refractivity contribution in [2.75, 3.05) is 11.5 Å². The van der Waals surface area contributed by atoms with Gasteiger partial charge in [-0.2, -0.15) is 0 Å². The van der Waals surface area contributed by atoms with E-state index in [1.807, 2.05) is 23.5 Å². The van der Waals surface area contributed by atoms with Crippen LogP contribution in [-0.2, 0) is 4.79 Å². The lowest BCUT2D eigenvalue weighted by Gasteiger charge is -2.38. The largest absolute Gasteiger partial charge is 0.302 e. The SMILES string of the molecule is CC(C)(C)NC(C(=O)C1SCCCS1)C(C)(C)C. The highest BCUT2D eigenvalue weighted by Crippen LogP contribution is 2.35. The molecule has 0 radical (unpaired) electrons. The van der Waals surface area contributed by atoms with Crippen LogP contribution in [0.3, 0.4) is 0 Å². The van der Waals surface area contributed by atoms with Crippen molar-refractivity contribution in [1.82, 2.24) is 5.32 Å². The van der Waals surface area contributed by atoms with Gasteiger partial charge in [-0.15, -0.1) is 23.5 Å². The summed E-state index contributed by atoms with van der Waals surface area (Å²) in [4.78, 5) is 12.7. The second-order valence-corrected chi connectivity index (χ2v) is 9.75. The number of carbonyl (C=O) groups is 1. The van der Waals surface area contributed by atoms with Gasteiger partial charge in [-0.25, -0.2) is 0 Å². The van der Waals surface area contributed by atoms with E-state index in [1.54, 1.807) is 0 Å². The fraction of sp³-hybridized carbons (Fsp3) is 0.929. The molecule has 0 spiro atoms. The van der Waals surface area contributed by atoms with Crippen molar-refractivity contribution in [3.05, 3.63) is 0 Å². The van der Waals surface area contributed by atoms with Crippen LogP contribution >= 0.6 is 23.5 Å². The number of thioether (sulfide) groups is 2. The third-order valence-corrected chi connectivity index (χ3v) is 5.72. The Morgan fingerprint density at radius 1 is 1.11 bits per heavy atom. The molecule has 1 heterocycles. The molecule has 1 fully saturated rings. The molecule has 2 nitrogen and oxygen atoms in total. The number of nitrogens with one attached hydrogen (secondary N) is 1. The van der Waals surface area contributed by atoms with Crippen molar-refractivity contribution in [2.45, 2.75) is 64.1 Å². The van der Waals surface area contributed by atoms with E-state index in [0.29, 0.717) is 5.78 Å². The minimum absolute atomic E-state index is 0.0302. The highest BCUT2D eigenvalue weighted by Gasteiger charge is 2.38. The Morgan fingerprint density at radius 3 is 2.00 bits per heavy atom. The molecule has 4 heteroatoms. The third-order valence-electron chi connectivity index (χ3n) is 2.79. The number of hydrogen-bond donors (Lipinski definition) is 1. The van der Waals surface area contributed by atoms with E-state index < -0.39 is 0 Å². The van der Waals surface area contributed by atoms with E-state index in [9.17, 15) is 4.79 Å². The maximum absolute atomic E-state index is 12.7. The van der Waals surface area contributed by atoms with Crippen LogP contribution in [0.1, 0.15) is 48.0 Å². The Bertz CT molecular complexity index is 285. The van der Waals surface area contributed by atoms with Crippen molar-refractivity contribution in [2.24, 2.45) is 5.41 Å². The smallest absolute Gasteiger partial charge is 0.173 e. The highest BCUT2D eigenvalue weighted by atomic mass is 32.2. The molecule has 0 bridgehead atoms. The number of carbonyl (C=O) groups excluding carboxylic acids is 1. The number of Topliss-reactive ketones (excluding diaryl/α,β-unsaturated/α-hetero) is 1. The molecule has 1 unspecified atom stereocenters. The predicted molar refractivity (Wildman–Crippen MR) is 84.5 cm³/mol.